The van der Waals surface area contributed by atoms with E-state index in [1.807, 2.05) is 0 Å². The van der Waals surface area contributed by atoms with Crippen molar-refractivity contribution >= 4 is 11.9 Å². The molecule has 2 aromatic heterocycles. The first-order valence-corrected chi connectivity index (χ1v) is 5.37. The highest BCUT2D eigenvalue weighted by Gasteiger charge is 2.27. The van der Waals surface area contributed by atoms with Gasteiger partial charge in [-0.1, -0.05) is 0 Å². The van der Waals surface area contributed by atoms with Gasteiger partial charge in [0.15, 0.2) is 0 Å². The van der Waals surface area contributed by atoms with Crippen LogP contribution in [0.4, 0.5) is 5.95 Å². The summed E-state index contributed by atoms with van der Waals surface area (Å²) in [6.45, 7) is 0. The molecule has 2 heterocycles. The fourth-order valence-electron chi connectivity index (χ4n) is 1.99. The minimum atomic E-state index is -0.0855. The van der Waals surface area contributed by atoms with E-state index in [1.165, 1.54) is 6.33 Å². The third-order valence-corrected chi connectivity index (χ3v) is 2.90. The second kappa shape index (κ2) is 3.96. The number of fused-ring (bicyclic) bond motifs is 1. The Bertz CT molecular complexity index is 517. The number of carbonyl (C=O) groups is 1. The Morgan fingerprint density at radius 2 is 2.29 bits per heavy atom. The van der Waals surface area contributed by atoms with Crippen LogP contribution in [0.3, 0.4) is 0 Å². The number of aromatic nitrogens is 6. The minimum Gasteiger partial charge on any atom is -0.295 e. The molecule has 1 unspecified atom stereocenters. The Balaban J connectivity index is 1.68. The number of H-pyrrole nitrogens is 2. The van der Waals surface area contributed by atoms with Gasteiger partial charge < -0.3 is 0 Å². The quantitative estimate of drug-likeness (QED) is 0.657. The smallest absolute Gasteiger partial charge is 0.230 e. The molecule has 1 atom stereocenters. The van der Waals surface area contributed by atoms with Crippen molar-refractivity contribution in [2.45, 2.75) is 19.3 Å². The van der Waals surface area contributed by atoms with Crippen LogP contribution in [0, 0.1) is 5.92 Å². The van der Waals surface area contributed by atoms with Crippen LogP contribution in [0.5, 0.6) is 0 Å². The molecule has 1 aliphatic rings. The Hall–Kier alpha value is -2.25. The number of anilines is 1. The molecular formula is C9H11N7O. The number of rotatable bonds is 2. The maximum Gasteiger partial charge on any atom is 0.230 e. The number of aromatic amines is 2. The zero-order chi connectivity index (χ0) is 11.7. The van der Waals surface area contributed by atoms with E-state index in [0.29, 0.717) is 12.4 Å². The molecule has 8 heteroatoms. The summed E-state index contributed by atoms with van der Waals surface area (Å²) in [4.78, 5) is 15.8. The van der Waals surface area contributed by atoms with Gasteiger partial charge in [-0.15, -0.1) is 0 Å². The van der Waals surface area contributed by atoms with Gasteiger partial charge in [-0.25, -0.2) is 5.10 Å². The number of hydrogen-bond donors (Lipinski definition) is 3. The predicted octanol–water partition coefficient (Wildman–Crippen LogP) is -0.334. The first-order valence-electron chi connectivity index (χ1n) is 5.37. The van der Waals surface area contributed by atoms with Crippen molar-refractivity contribution < 1.29 is 4.79 Å². The Morgan fingerprint density at radius 3 is 3.12 bits per heavy atom. The summed E-state index contributed by atoms with van der Waals surface area (Å²) >= 11 is 0. The van der Waals surface area contributed by atoms with Gasteiger partial charge in [0.2, 0.25) is 11.9 Å². The monoisotopic (exact) mass is 233 g/mol. The number of carbonyl (C=O) groups excluding carboxylic acids is 1. The first-order chi connectivity index (χ1) is 8.33. The van der Waals surface area contributed by atoms with Crippen molar-refractivity contribution in [2.24, 2.45) is 5.92 Å². The van der Waals surface area contributed by atoms with Gasteiger partial charge >= 0.3 is 0 Å². The summed E-state index contributed by atoms with van der Waals surface area (Å²) < 4.78 is 0. The predicted molar refractivity (Wildman–Crippen MR) is 56.9 cm³/mol. The lowest BCUT2D eigenvalue weighted by Crippen LogP contribution is -2.28. The van der Waals surface area contributed by atoms with Gasteiger partial charge in [-0.3, -0.25) is 10.1 Å². The summed E-state index contributed by atoms with van der Waals surface area (Å²) in [6.07, 6.45) is 3.53. The molecule has 0 bridgehead atoms. The van der Waals surface area contributed by atoms with Crippen LogP contribution in [-0.2, 0) is 17.6 Å². The maximum atomic E-state index is 11.9. The van der Waals surface area contributed by atoms with E-state index in [2.05, 4.69) is 35.9 Å². The SMILES string of the molecule is O=C(Nc1ncn[nH]1)C1CCc2n[nH]nc2C1. The highest BCUT2D eigenvalue weighted by atomic mass is 16.2. The third kappa shape index (κ3) is 1.88. The fourth-order valence-corrected chi connectivity index (χ4v) is 1.99. The zero-order valence-corrected chi connectivity index (χ0v) is 8.97. The third-order valence-electron chi connectivity index (χ3n) is 2.90. The van der Waals surface area contributed by atoms with Gasteiger partial charge in [0.1, 0.15) is 6.33 Å². The van der Waals surface area contributed by atoms with Crippen LogP contribution in [0.1, 0.15) is 17.8 Å². The molecule has 0 saturated heterocycles. The van der Waals surface area contributed by atoms with Crippen molar-refractivity contribution in [3.8, 4) is 0 Å². The molecule has 0 spiro atoms. The highest BCUT2D eigenvalue weighted by Crippen LogP contribution is 2.22. The maximum absolute atomic E-state index is 11.9. The topological polar surface area (TPSA) is 112 Å². The summed E-state index contributed by atoms with van der Waals surface area (Å²) in [5, 5.41) is 19.6. The zero-order valence-electron chi connectivity index (χ0n) is 8.97. The molecule has 1 aliphatic carbocycles. The lowest BCUT2D eigenvalue weighted by molar-refractivity contribution is -0.120. The molecule has 1 amide bonds. The number of nitrogens with one attached hydrogen (secondary N) is 3. The standard InChI is InChI=1S/C9H11N7O/c17-8(12-9-10-4-11-15-9)5-1-2-6-7(3-5)14-16-13-6/h4-5H,1-3H2,(H,13,14,16)(H2,10,11,12,15,17). The van der Waals surface area contributed by atoms with E-state index >= 15 is 0 Å². The second-order valence-electron chi connectivity index (χ2n) is 3.98. The lowest BCUT2D eigenvalue weighted by Gasteiger charge is -2.18. The average molecular weight is 233 g/mol. The molecule has 2 aromatic rings. The summed E-state index contributed by atoms with van der Waals surface area (Å²) in [5.74, 6) is 0.231. The Labute approximate surface area is 96.2 Å². The van der Waals surface area contributed by atoms with E-state index in [9.17, 15) is 4.79 Å². The molecule has 0 aromatic carbocycles. The van der Waals surface area contributed by atoms with Gasteiger partial charge in [-0.05, 0) is 12.8 Å². The number of amides is 1. The molecule has 17 heavy (non-hydrogen) atoms. The van der Waals surface area contributed by atoms with Crippen LogP contribution < -0.4 is 5.32 Å². The lowest BCUT2D eigenvalue weighted by atomic mass is 9.89. The number of hydrogen-bond acceptors (Lipinski definition) is 5. The van der Waals surface area contributed by atoms with Crippen molar-refractivity contribution in [2.75, 3.05) is 5.32 Å². The molecule has 0 saturated carbocycles. The molecule has 3 rings (SSSR count). The van der Waals surface area contributed by atoms with Crippen LogP contribution in [0.15, 0.2) is 6.33 Å². The molecular weight excluding hydrogens is 222 g/mol. The van der Waals surface area contributed by atoms with Crippen molar-refractivity contribution in [1.82, 2.24) is 30.6 Å². The van der Waals surface area contributed by atoms with Crippen molar-refractivity contribution in [3.63, 3.8) is 0 Å². The van der Waals surface area contributed by atoms with Gasteiger partial charge in [0.25, 0.3) is 0 Å². The number of nitrogens with zero attached hydrogens (tertiary/aromatic N) is 4. The van der Waals surface area contributed by atoms with E-state index in [1.54, 1.807) is 0 Å². The van der Waals surface area contributed by atoms with E-state index in [4.69, 9.17) is 0 Å². The summed E-state index contributed by atoms with van der Waals surface area (Å²) in [5.41, 5.74) is 1.85. The van der Waals surface area contributed by atoms with Gasteiger partial charge in [0.05, 0.1) is 11.4 Å². The molecule has 88 valence electrons. The summed E-state index contributed by atoms with van der Waals surface area (Å²) in [7, 11) is 0. The van der Waals surface area contributed by atoms with Crippen molar-refractivity contribution in [1.29, 1.82) is 0 Å². The normalized spacial score (nSPS) is 18.7. The average Bonchev–Trinajstić information content (AvgIpc) is 2.97. The molecule has 0 radical (unpaired) electrons. The largest absolute Gasteiger partial charge is 0.295 e. The van der Waals surface area contributed by atoms with Crippen LogP contribution >= 0.6 is 0 Å². The first kappa shape index (κ1) is 9.94. The van der Waals surface area contributed by atoms with Crippen LogP contribution in [-0.4, -0.2) is 36.5 Å². The van der Waals surface area contributed by atoms with Crippen molar-refractivity contribution in [3.05, 3.63) is 17.7 Å². The Morgan fingerprint density at radius 1 is 1.41 bits per heavy atom. The molecule has 3 N–H and O–H groups in total. The van der Waals surface area contributed by atoms with Crippen LogP contribution in [0.25, 0.3) is 0 Å². The minimum absolute atomic E-state index is 0.0598. The van der Waals surface area contributed by atoms with Crippen LogP contribution in [0.2, 0.25) is 0 Å². The van der Waals surface area contributed by atoms with Gasteiger partial charge in [-0.2, -0.15) is 25.5 Å². The summed E-state index contributed by atoms with van der Waals surface area (Å²) in [6, 6.07) is 0. The second-order valence-corrected chi connectivity index (χ2v) is 3.98. The van der Waals surface area contributed by atoms with E-state index in [0.717, 1.165) is 24.2 Å². The Kier molecular flexibility index (Phi) is 2.32. The number of aryl methyl sites for hydroxylation is 1. The van der Waals surface area contributed by atoms with E-state index < -0.39 is 0 Å². The molecule has 0 aliphatic heterocycles. The molecule has 8 nitrogen and oxygen atoms in total. The molecule has 0 fully saturated rings. The highest BCUT2D eigenvalue weighted by molar-refractivity contribution is 5.91. The fraction of sp³-hybridized carbons (Fsp3) is 0.444. The van der Waals surface area contributed by atoms with Gasteiger partial charge in [0, 0.05) is 12.3 Å². The van der Waals surface area contributed by atoms with E-state index in [-0.39, 0.29) is 11.8 Å².